The minimum Gasteiger partial charge on any atom is -0.497 e. The highest BCUT2D eigenvalue weighted by Crippen LogP contribution is 2.37. The fraction of sp³-hybridized carbons (Fsp3) is 0.500. The van der Waals surface area contributed by atoms with E-state index >= 15 is 0 Å². The van der Waals surface area contributed by atoms with E-state index in [9.17, 15) is 0 Å². The van der Waals surface area contributed by atoms with Gasteiger partial charge in [-0.2, -0.15) is 0 Å². The van der Waals surface area contributed by atoms with Crippen LogP contribution < -0.4 is 14.4 Å². The maximum absolute atomic E-state index is 5.79. The third kappa shape index (κ3) is 4.59. The number of ether oxygens (including phenoxy) is 2. The minimum atomic E-state index is -0.0499. The summed E-state index contributed by atoms with van der Waals surface area (Å²) < 4.78 is 13.2. The summed E-state index contributed by atoms with van der Waals surface area (Å²) in [5.74, 6) is 2.69. The second-order valence-corrected chi connectivity index (χ2v) is 9.14. The molecule has 0 amide bonds. The molecule has 3 aromatic rings. The van der Waals surface area contributed by atoms with Gasteiger partial charge in [0.1, 0.15) is 17.5 Å². The second-order valence-electron chi connectivity index (χ2n) is 9.14. The molecule has 1 saturated carbocycles. The third-order valence-corrected chi connectivity index (χ3v) is 7.23. The zero-order chi connectivity index (χ0) is 23.3. The number of tetrazole rings is 1. The SMILES string of the molecule is COc1ccc(N2CCN([C@H](c3ccccc3OC)c3nnnn3C3CCCCC3)CC2)cc1. The van der Waals surface area contributed by atoms with E-state index in [1.54, 1.807) is 14.2 Å². The van der Waals surface area contributed by atoms with Gasteiger partial charge in [-0.25, -0.2) is 4.68 Å². The quantitative estimate of drug-likeness (QED) is 0.523. The van der Waals surface area contributed by atoms with Gasteiger partial charge in [-0.05, 0) is 53.6 Å². The lowest BCUT2D eigenvalue weighted by molar-refractivity contribution is 0.190. The molecule has 2 aliphatic rings. The molecule has 0 bridgehead atoms. The van der Waals surface area contributed by atoms with Crippen LogP contribution in [0.1, 0.15) is 55.6 Å². The Labute approximate surface area is 201 Å². The molecular weight excluding hydrogens is 428 g/mol. The van der Waals surface area contributed by atoms with Crippen molar-refractivity contribution >= 4 is 5.69 Å². The topological polar surface area (TPSA) is 68.5 Å². The minimum absolute atomic E-state index is 0.0499. The van der Waals surface area contributed by atoms with Crippen molar-refractivity contribution in [1.29, 1.82) is 0 Å². The summed E-state index contributed by atoms with van der Waals surface area (Å²) in [4.78, 5) is 4.93. The van der Waals surface area contributed by atoms with E-state index in [0.717, 1.165) is 61.9 Å². The molecule has 180 valence electrons. The molecule has 1 saturated heterocycles. The summed E-state index contributed by atoms with van der Waals surface area (Å²) in [6.07, 6.45) is 6.06. The number of benzene rings is 2. The lowest BCUT2D eigenvalue weighted by Crippen LogP contribution is -2.48. The summed E-state index contributed by atoms with van der Waals surface area (Å²) in [6, 6.07) is 16.9. The standard InChI is InChI=1S/C26H34N6O2/c1-33-22-14-12-20(13-15-22)30-16-18-31(19-17-30)25(23-10-6-7-11-24(23)34-2)26-27-28-29-32(26)21-8-4-3-5-9-21/h6-7,10-15,21,25H,3-5,8-9,16-19H2,1-2H3/t25-/m1/s1. The Morgan fingerprint density at radius 1 is 0.853 bits per heavy atom. The molecule has 2 heterocycles. The highest BCUT2D eigenvalue weighted by atomic mass is 16.5. The molecule has 1 atom stereocenters. The van der Waals surface area contributed by atoms with Crippen LogP contribution in [0.3, 0.4) is 0 Å². The van der Waals surface area contributed by atoms with Crippen LogP contribution in [0.5, 0.6) is 11.5 Å². The predicted molar refractivity (Wildman–Crippen MR) is 132 cm³/mol. The monoisotopic (exact) mass is 462 g/mol. The third-order valence-electron chi connectivity index (χ3n) is 7.23. The number of rotatable bonds is 7. The molecule has 1 aliphatic heterocycles. The van der Waals surface area contributed by atoms with E-state index in [1.807, 2.05) is 24.3 Å². The molecule has 1 aromatic heterocycles. The molecule has 2 aromatic carbocycles. The highest BCUT2D eigenvalue weighted by Gasteiger charge is 2.34. The molecular formula is C26H34N6O2. The number of methoxy groups -OCH3 is 2. The van der Waals surface area contributed by atoms with Gasteiger partial charge in [0, 0.05) is 37.4 Å². The maximum atomic E-state index is 5.79. The van der Waals surface area contributed by atoms with Crippen molar-refractivity contribution < 1.29 is 9.47 Å². The van der Waals surface area contributed by atoms with E-state index in [1.165, 1.54) is 24.9 Å². The zero-order valence-corrected chi connectivity index (χ0v) is 20.1. The summed E-state index contributed by atoms with van der Waals surface area (Å²) >= 11 is 0. The summed E-state index contributed by atoms with van der Waals surface area (Å²) in [7, 11) is 3.44. The van der Waals surface area contributed by atoms with E-state index in [-0.39, 0.29) is 6.04 Å². The van der Waals surface area contributed by atoms with Crippen molar-refractivity contribution in [3.8, 4) is 11.5 Å². The Bertz CT molecular complexity index is 1060. The van der Waals surface area contributed by atoms with Gasteiger partial charge in [-0.1, -0.05) is 37.5 Å². The number of nitrogens with zero attached hydrogens (tertiary/aromatic N) is 6. The molecule has 1 aliphatic carbocycles. The van der Waals surface area contributed by atoms with Crippen molar-refractivity contribution in [2.45, 2.75) is 44.2 Å². The number of anilines is 1. The van der Waals surface area contributed by atoms with Gasteiger partial charge >= 0.3 is 0 Å². The van der Waals surface area contributed by atoms with Gasteiger partial charge in [0.25, 0.3) is 0 Å². The number of piperazine rings is 1. The van der Waals surface area contributed by atoms with Gasteiger partial charge in [0.2, 0.25) is 0 Å². The first-order valence-electron chi connectivity index (χ1n) is 12.3. The molecule has 34 heavy (non-hydrogen) atoms. The molecule has 0 radical (unpaired) electrons. The molecule has 0 unspecified atom stereocenters. The number of hydrogen-bond acceptors (Lipinski definition) is 7. The summed E-state index contributed by atoms with van der Waals surface area (Å²) in [5.41, 5.74) is 2.34. The number of aromatic nitrogens is 4. The lowest BCUT2D eigenvalue weighted by Gasteiger charge is -2.40. The summed E-state index contributed by atoms with van der Waals surface area (Å²) in [5, 5.41) is 13.2. The van der Waals surface area contributed by atoms with Crippen LogP contribution in [-0.2, 0) is 0 Å². The van der Waals surface area contributed by atoms with Crippen LogP contribution in [0, 0.1) is 0 Å². The van der Waals surface area contributed by atoms with Gasteiger partial charge in [-0.3, -0.25) is 4.90 Å². The second kappa shape index (κ2) is 10.4. The molecule has 8 heteroatoms. The van der Waals surface area contributed by atoms with Crippen LogP contribution >= 0.6 is 0 Å². The fourth-order valence-electron chi connectivity index (χ4n) is 5.39. The van der Waals surface area contributed by atoms with Crippen LogP contribution in [-0.4, -0.2) is 65.5 Å². The molecule has 5 rings (SSSR count). The van der Waals surface area contributed by atoms with Crippen molar-refractivity contribution in [3.05, 3.63) is 59.9 Å². The predicted octanol–water partition coefficient (Wildman–Crippen LogP) is 4.11. The van der Waals surface area contributed by atoms with Gasteiger partial charge < -0.3 is 14.4 Å². The first-order valence-corrected chi connectivity index (χ1v) is 12.3. The van der Waals surface area contributed by atoms with Crippen molar-refractivity contribution in [1.82, 2.24) is 25.1 Å². The first kappa shape index (κ1) is 22.7. The van der Waals surface area contributed by atoms with Crippen LogP contribution in [0.2, 0.25) is 0 Å². The average molecular weight is 463 g/mol. The van der Waals surface area contributed by atoms with E-state index in [2.05, 4.69) is 54.3 Å². The molecule has 0 N–H and O–H groups in total. The largest absolute Gasteiger partial charge is 0.497 e. The van der Waals surface area contributed by atoms with E-state index in [4.69, 9.17) is 9.47 Å². The molecule has 0 spiro atoms. The number of para-hydroxylation sites is 1. The highest BCUT2D eigenvalue weighted by molar-refractivity contribution is 5.49. The molecule has 2 fully saturated rings. The summed E-state index contributed by atoms with van der Waals surface area (Å²) in [6.45, 7) is 3.69. The van der Waals surface area contributed by atoms with Crippen LogP contribution in [0.15, 0.2) is 48.5 Å². The van der Waals surface area contributed by atoms with E-state index in [0.29, 0.717) is 6.04 Å². The Morgan fingerprint density at radius 3 is 2.29 bits per heavy atom. The number of hydrogen-bond donors (Lipinski definition) is 0. The maximum Gasteiger partial charge on any atom is 0.173 e. The van der Waals surface area contributed by atoms with Crippen molar-refractivity contribution in [3.63, 3.8) is 0 Å². The Hall–Kier alpha value is -3.13. The molecule has 8 nitrogen and oxygen atoms in total. The Balaban J connectivity index is 1.43. The van der Waals surface area contributed by atoms with Crippen LogP contribution in [0.4, 0.5) is 5.69 Å². The van der Waals surface area contributed by atoms with E-state index < -0.39 is 0 Å². The fourth-order valence-corrected chi connectivity index (χ4v) is 5.39. The van der Waals surface area contributed by atoms with Gasteiger partial charge in [-0.15, -0.1) is 5.10 Å². The lowest BCUT2D eigenvalue weighted by atomic mass is 9.95. The normalized spacial score (nSPS) is 18.6. The Morgan fingerprint density at radius 2 is 1.59 bits per heavy atom. The van der Waals surface area contributed by atoms with Gasteiger partial charge in [0.15, 0.2) is 5.82 Å². The van der Waals surface area contributed by atoms with Crippen molar-refractivity contribution in [2.75, 3.05) is 45.3 Å². The smallest absolute Gasteiger partial charge is 0.173 e. The first-order chi connectivity index (χ1) is 16.8. The average Bonchev–Trinajstić information content (AvgIpc) is 3.39. The zero-order valence-electron chi connectivity index (χ0n) is 20.1. The van der Waals surface area contributed by atoms with Gasteiger partial charge in [0.05, 0.1) is 20.3 Å². The van der Waals surface area contributed by atoms with Crippen molar-refractivity contribution in [2.24, 2.45) is 0 Å². The van der Waals surface area contributed by atoms with Crippen LogP contribution in [0.25, 0.3) is 0 Å². The Kier molecular flexibility index (Phi) is 6.94.